The first-order valence-electron chi connectivity index (χ1n) is 7.00. The fourth-order valence-electron chi connectivity index (χ4n) is 2.06. The smallest absolute Gasteiger partial charge is 0.0945 e. The van der Waals surface area contributed by atoms with Crippen LogP contribution in [0.5, 0.6) is 0 Å². The van der Waals surface area contributed by atoms with E-state index in [4.69, 9.17) is 0 Å². The van der Waals surface area contributed by atoms with Crippen LogP contribution in [0.4, 0.5) is 0 Å². The molecule has 0 fully saturated rings. The first-order chi connectivity index (χ1) is 8.43. The number of unbranched alkanes of at least 4 members (excludes halogenated alkanes) is 8. The van der Waals surface area contributed by atoms with Crippen LogP contribution in [-0.2, 0) is 6.54 Å². The second-order valence-electron chi connectivity index (χ2n) is 4.71. The summed E-state index contributed by atoms with van der Waals surface area (Å²) in [6, 6.07) is 0. The van der Waals surface area contributed by atoms with E-state index in [1.165, 1.54) is 57.8 Å². The number of hydrogen-bond acceptors (Lipinski definition) is 2. The van der Waals surface area contributed by atoms with Crippen molar-refractivity contribution in [2.24, 2.45) is 0 Å². The van der Waals surface area contributed by atoms with Gasteiger partial charge in [-0.3, -0.25) is 0 Å². The van der Waals surface area contributed by atoms with Crippen LogP contribution < -0.4 is 0 Å². The van der Waals surface area contributed by atoms with Crippen LogP contribution in [0, 0.1) is 0 Å². The Morgan fingerprint density at radius 1 is 0.789 bits per heavy atom. The molecule has 0 spiro atoms. The standard InChI is InChI=1S/C14H26N2S.2ClH/c17-13-9-7-5-3-1-2-4-6-8-11-16-12-10-15-14-16;;/h10,12,14,17H,1-9,11,13H2;2*1H. The molecular formula is C14H28Cl2N2S. The highest BCUT2D eigenvalue weighted by atomic mass is 35.5. The van der Waals surface area contributed by atoms with Gasteiger partial charge in [0.25, 0.3) is 0 Å². The molecule has 114 valence electrons. The van der Waals surface area contributed by atoms with Gasteiger partial charge in [0, 0.05) is 18.9 Å². The van der Waals surface area contributed by atoms with Gasteiger partial charge in [0.2, 0.25) is 0 Å². The summed E-state index contributed by atoms with van der Waals surface area (Å²) in [5.74, 6) is 1.05. The van der Waals surface area contributed by atoms with Gasteiger partial charge in [-0.1, -0.05) is 44.9 Å². The molecule has 2 nitrogen and oxygen atoms in total. The quantitative estimate of drug-likeness (QED) is 0.439. The molecule has 0 saturated carbocycles. The summed E-state index contributed by atoms with van der Waals surface area (Å²) in [4.78, 5) is 4.04. The van der Waals surface area contributed by atoms with Gasteiger partial charge in [-0.25, -0.2) is 4.98 Å². The Kier molecular flexibility index (Phi) is 18.3. The van der Waals surface area contributed by atoms with Crippen LogP contribution in [-0.4, -0.2) is 15.3 Å². The fourth-order valence-corrected chi connectivity index (χ4v) is 2.29. The topological polar surface area (TPSA) is 17.8 Å². The van der Waals surface area contributed by atoms with Crippen LogP contribution in [0.1, 0.15) is 57.8 Å². The second-order valence-corrected chi connectivity index (χ2v) is 5.15. The summed E-state index contributed by atoms with van der Waals surface area (Å²) >= 11 is 4.22. The van der Waals surface area contributed by atoms with Crippen molar-refractivity contribution in [2.45, 2.75) is 64.3 Å². The molecule has 0 aliphatic rings. The third kappa shape index (κ3) is 12.9. The molecule has 19 heavy (non-hydrogen) atoms. The molecule has 0 aliphatic heterocycles. The van der Waals surface area contributed by atoms with Gasteiger partial charge in [0.15, 0.2) is 0 Å². The summed E-state index contributed by atoms with van der Waals surface area (Å²) in [5, 5.41) is 0. The van der Waals surface area contributed by atoms with Crippen molar-refractivity contribution in [3.8, 4) is 0 Å². The van der Waals surface area contributed by atoms with Crippen LogP contribution in [0.15, 0.2) is 18.7 Å². The molecular weight excluding hydrogens is 299 g/mol. The summed E-state index contributed by atoms with van der Waals surface area (Å²) < 4.78 is 2.16. The van der Waals surface area contributed by atoms with E-state index in [0.29, 0.717) is 0 Å². The highest BCUT2D eigenvalue weighted by Gasteiger charge is 1.93. The maximum atomic E-state index is 4.22. The van der Waals surface area contributed by atoms with Crippen LogP contribution in [0.2, 0.25) is 0 Å². The number of imidazole rings is 1. The Hall–Kier alpha value is 0.140. The van der Waals surface area contributed by atoms with Crippen molar-refractivity contribution in [2.75, 3.05) is 5.75 Å². The number of hydrogen-bond donors (Lipinski definition) is 1. The summed E-state index contributed by atoms with van der Waals surface area (Å²) in [6.45, 7) is 1.13. The molecule has 1 rings (SSSR count). The summed E-state index contributed by atoms with van der Waals surface area (Å²) in [7, 11) is 0. The third-order valence-electron chi connectivity index (χ3n) is 3.13. The first-order valence-corrected chi connectivity index (χ1v) is 7.63. The largest absolute Gasteiger partial charge is 0.337 e. The molecule has 0 amide bonds. The van der Waals surface area contributed by atoms with E-state index >= 15 is 0 Å². The summed E-state index contributed by atoms with van der Waals surface area (Å²) in [6.07, 6.45) is 18.1. The molecule has 0 aliphatic carbocycles. The highest BCUT2D eigenvalue weighted by Crippen LogP contribution is 2.10. The lowest BCUT2D eigenvalue weighted by atomic mass is 10.1. The molecule has 1 aromatic heterocycles. The van der Waals surface area contributed by atoms with Gasteiger partial charge in [-0.15, -0.1) is 24.8 Å². The highest BCUT2D eigenvalue weighted by molar-refractivity contribution is 7.80. The fraction of sp³-hybridized carbons (Fsp3) is 0.786. The van der Waals surface area contributed by atoms with E-state index < -0.39 is 0 Å². The predicted octanol–water partition coefficient (Wildman–Crippen LogP) is 5.17. The molecule has 0 radical (unpaired) electrons. The number of aromatic nitrogens is 2. The minimum atomic E-state index is 0. The van der Waals surface area contributed by atoms with E-state index in [-0.39, 0.29) is 24.8 Å². The minimum absolute atomic E-state index is 0. The lowest BCUT2D eigenvalue weighted by Crippen LogP contribution is -1.93. The zero-order chi connectivity index (χ0) is 12.2. The van der Waals surface area contributed by atoms with E-state index in [0.717, 1.165) is 12.3 Å². The van der Waals surface area contributed by atoms with E-state index in [2.05, 4.69) is 22.2 Å². The van der Waals surface area contributed by atoms with Gasteiger partial charge in [0.05, 0.1) is 6.33 Å². The predicted molar refractivity (Wildman–Crippen MR) is 92.1 cm³/mol. The van der Waals surface area contributed by atoms with Gasteiger partial charge >= 0.3 is 0 Å². The van der Waals surface area contributed by atoms with Crippen molar-refractivity contribution < 1.29 is 0 Å². The molecule has 0 aromatic carbocycles. The molecule has 0 atom stereocenters. The monoisotopic (exact) mass is 326 g/mol. The van der Waals surface area contributed by atoms with E-state index in [1.54, 1.807) is 0 Å². The van der Waals surface area contributed by atoms with Gasteiger partial charge in [-0.2, -0.15) is 12.6 Å². The normalized spacial score (nSPS) is 9.74. The Morgan fingerprint density at radius 3 is 1.79 bits per heavy atom. The Morgan fingerprint density at radius 2 is 1.32 bits per heavy atom. The molecule has 0 unspecified atom stereocenters. The van der Waals surface area contributed by atoms with Gasteiger partial charge in [-0.05, 0) is 18.6 Å². The van der Waals surface area contributed by atoms with Crippen molar-refractivity contribution >= 4 is 37.4 Å². The number of thiol groups is 1. The lowest BCUT2D eigenvalue weighted by Gasteiger charge is -2.03. The van der Waals surface area contributed by atoms with E-state index in [1.807, 2.05) is 18.7 Å². The zero-order valence-electron chi connectivity index (χ0n) is 11.7. The van der Waals surface area contributed by atoms with E-state index in [9.17, 15) is 0 Å². The average molecular weight is 327 g/mol. The first kappa shape index (κ1) is 21.4. The Bertz CT molecular complexity index is 256. The van der Waals surface area contributed by atoms with Gasteiger partial charge < -0.3 is 4.57 Å². The van der Waals surface area contributed by atoms with Gasteiger partial charge in [0.1, 0.15) is 0 Å². The van der Waals surface area contributed by atoms with Crippen molar-refractivity contribution in [1.82, 2.24) is 9.55 Å². The maximum absolute atomic E-state index is 4.22. The summed E-state index contributed by atoms with van der Waals surface area (Å²) in [5.41, 5.74) is 0. The van der Waals surface area contributed by atoms with Crippen molar-refractivity contribution in [3.63, 3.8) is 0 Å². The molecule has 1 heterocycles. The number of rotatable bonds is 11. The van der Waals surface area contributed by atoms with Crippen LogP contribution >= 0.6 is 37.4 Å². The molecule has 0 bridgehead atoms. The minimum Gasteiger partial charge on any atom is -0.337 e. The number of nitrogens with zero attached hydrogens (tertiary/aromatic N) is 2. The van der Waals surface area contributed by atoms with Crippen LogP contribution in [0.3, 0.4) is 0 Å². The molecule has 1 aromatic rings. The van der Waals surface area contributed by atoms with Crippen molar-refractivity contribution in [3.05, 3.63) is 18.7 Å². The molecule has 0 saturated heterocycles. The Labute approximate surface area is 136 Å². The Balaban J connectivity index is 0. The number of aryl methyl sites for hydroxylation is 1. The number of halogens is 2. The van der Waals surface area contributed by atoms with Crippen LogP contribution in [0.25, 0.3) is 0 Å². The molecule has 0 N–H and O–H groups in total. The zero-order valence-corrected chi connectivity index (χ0v) is 14.2. The third-order valence-corrected chi connectivity index (χ3v) is 3.45. The average Bonchev–Trinajstić information content (AvgIpc) is 2.85. The maximum Gasteiger partial charge on any atom is 0.0945 e. The second kappa shape index (κ2) is 16.2. The molecule has 5 heteroatoms. The van der Waals surface area contributed by atoms with Crippen molar-refractivity contribution in [1.29, 1.82) is 0 Å². The SMILES string of the molecule is Cl.Cl.SCCCCCCCCCCCn1ccnc1. The lowest BCUT2D eigenvalue weighted by molar-refractivity contribution is 0.539.